The van der Waals surface area contributed by atoms with Crippen molar-refractivity contribution >= 4 is 7.12 Å². The van der Waals surface area contributed by atoms with Gasteiger partial charge in [-0.1, -0.05) is 19.1 Å². The lowest BCUT2D eigenvalue weighted by atomic mass is 9.85. The minimum Gasteiger partial charge on any atom is -0.497 e. The average molecular weight is 306 g/mol. The Balaban J connectivity index is 2.11. The van der Waals surface area contributed by atoms with E-state index >= 15 is 0 Å². The van der Waals surface area contributed by atoms with E-state index in [1.807, 2.05) is 58.9 Å². The molecule has 0 radical (unpaired) electrons. The van der Waals surface area contributed by atoms with Crippen LogP contribution in [-0.2, 0) is 9.31 Å². The van der Waals surface area contributed by atoms with Crippen molar-refractivity contribution in [2.45, 2.75) is 51.7 Å². The van der Waals surface area contributed by atoms with Crippen LogP contribution in [0.1, 0.15) is 46.1 Å². The minimum absolute atomic E-state index is 0.0788. The van der Waals surface area contributed by atoms with Crippen LogP contribution < -0.4 is 4.74 Å². The standard InChI is InChI=1S/C17H24BFO3/c1-12(13-7-9-14(20-6)10-8-13)11-15(19)18-21-16(2,3)17(4,5)22-18/h7-12H,1-6H3. The highest BCUT2D eigenvalue weighted by Gasteiger charge is 2.53. The maximum absolute atomic E-state index is 14.5. The van der Waals surface area contributed by atoms with E-state index in [2.05, 4.69) is 0 Å². The van der Waals surface area contributed by atoms with Gasteiger partial charge in [-0.3, -0.25) is 0 Å². The Morgan fingerprint density at radius 3 is 2.09 bits per heavy atom. The minimum atomic E-state index is -0.939. The van der Waals surface area contributed by atoms with Crippen molar-refractivity contribution < 1.29 is 18.4 Å². The molecule has 0 spiro atoms. The number of methoxy groups -OCH3 is 1. The summed E-state index contributed by atoms with van der Waals surface area (Å²) in [6.45, 7) is 9.58. The highest BCUT2D eigenvalue weighted by molar-refractivity contribution is 6.53. The lowest BCUT2D eigenvalue weighted by Crippen LogP contribution is -2.41. The molecule has 1 aliphatic heterocycles. The Kier molecular flexibility index (Phi) is 4.69. The molecule has 2 rings (SSSR count). The summed E-state index contributed by atoms with van der Waals surface area (Å²) in [4.78, 5) is 0. The topological polar surface area (TPSA) is 27.7 Å². The molecule has 1 unspecified atom stereocenters. The summed E-state index contributed by atoms with van der Waals surface area (Å²) in [6, 6.07) is 7.59. The lowest BCUT2D eigenvalue weighted by Gasteiger charge is -2.32. The van der Waals surface area contributed by atoms with Crippen LogP contribution in [0.5, 0.6) is 5.75 Å². The fraction of sp³-hybridized carbons (Fsp3) is 0.529. The van der Waals surface area contributed by atoms with Crippen molar-refractivity contribution in [2.24, 2.45) is 0 Å². The summed E-state index contributed by atoms with van der Waals surface area (Å²) < 4.78 is 31.0. The molecule has 1 aliphatic rings. The predicted octanol–water partition coefficient (Wildman–Crippen LogP) is 4.28. The van der Waals surface area contributed by atoms with Gasteiger partial charge in [0.15, 0.2) is 0 Å². The van der Waals surface area contributed by atoms with E-state index < -0.39 is 18.3 Å². The Morgan fingerprint density at radius 1 is 1.14 bits per heavy atom. The number of allylic oxidation sites excluding steroid dienone is 1. The number of hydrogen-bond acceptors (Lipinski definition) is 3. The molecule has 120 valence electrons. The number of ether oxygens (including phenoxy) is 1. The van der Waals surface area contributed by atoms with E-state index in [-0.39, 0.29) is 11.6 Å². The quantitative estimate of drug-likeness (QED) is 0.777. The molecular formula is C17H24BFO3. The van der Waals surface area contributed by atoms with Gasteiger partial charge in [-0.25, -0.2) is 4.39 Å². The van der Waals surface area contributed by atoms with Crippen LogP contribution >= 0.6 is 0 Å². The number of rotatable bonds is 4. The first-order chi connectivity index (χ1) is 10.2. The molecule has 3 nitrogen and oxygen atoms in total. The van der Waals surface area contributed by atoms with Crippen LogP contribution in [0.25, 0.3) is 0 Å². The van der Waals surface area contributed by atoms with Crippen molar-refractivity contribution in [1.29, 1.82) is 0 Å². The van der Waals surface area contributed by atoms with E-state index in [1.165, 1.54) is 0 Å². The van der Waals surface area contributed by atoms with Crippen molar-refractivity contribution in [3.05, 3.63) is 41.6 Å². The molecule has 0 N–H and O–H groups in total. The van der Waals surface area contributed by atoms with Gasteiger partial charge in [0.1, 0.15) is 11.5 Å². The molecule has 0 aliphatic carbocycles. The maximum atomic E-state index is 14.5. The van der Waals surface area contributed by atoms with E-state index in [4.69, 9.17) is 14.0 Å². The maximum Gasteiger partial charge on any atom is 0.524 e. The number of halogens is 1. The number of benzene rings is 1. The van der Waals surface area contributed by atoms with Gasteiger partial charge in [-0.05, 0) is 51.5 Å². The smallest absolute Gasteiger partial charge is 0.497 e. The largest absolute Gasteiger partial charge is 0.524 e. The third-order valence-corrected chi connectivity index (χ3v) is 4.53. The van der Waals surface area contributed by atoms with Crippen LogP contribution in [0.4, 0.5) is 4.39 Å². The molecule has 1 heterocycles. The molecule has 1 aromatic carbocycles. The summed E-state index contributed by atoms with van der Waals surface area (Å²) in [5.41, 5.74) is -0.451. The monoisotopic (exact) mass is 306 g/mol. The van der Waals surface area contributed by atoms with Crippen molar-refractivity contribution in [3.8, 4) is 5.75 Å². The van der Waals surface area contributed by atoms with Gasteiger partial charge in [0.25, 0.3) is 0 Å². The molecule has 1 saturated heterocycles. The fourth-order valence-electron chi connectivity index (χ4n) is 2.28. The average Bonchev–Trinajstić information content (AvgIpc) is 2.67. The van der Waals surface area contributed by atoms with E-state index in [0.29, 0.717) is 0 Å². The van der Waals surface area contributed by atoms with E-state index in [1.54, 1.807) is 13.2 Å². The highest BCUT2D eigenvalue weighted by atomic mass is 19.1. The Labute approximate surface area is 132 Å². The summed E-state index contributed by atoms with van der Waals surface area (Å²) >= 11 is 0. The molecule has 0 aromatic heterocycles. The van der Waals surface area contributed by atoms with Crippen molar-refractivity contribution in [1.82, 2.24) is 0 Å². The van der Waals surface area contributed by atoms with Gasteiger partial charge in [0.05, 0.1) is 18.3 Å². The Hall–Kier alpha value is -1.33. The van der Waals surface area contributed by atoms with Crippen LogP contribution in [-0.4, -0.2) is 25.4 Å². The van der Waals surface area contributed by atoms with Gasteiger partial charge in [-0.2, -0.15) is 0 Å². The zero-order chi connectivity index (χ0) is 16.5. The first-order valence-electron chi connectivity index (χ1n) is 7.53. The van der Waals surface area contributed by atoms with Gasteiger partial charge < -0.3 is 14.0 Å². The second kappa shape index (κ2) is 6.05. The Morgan fingerprint density at radius 2 is 1.64 bits per heavy atom. The second-order valence-electron chi connectivity index (χ2n) is 6.70. The van der Waals surface area contributed by atoms with E-state index in [9.17, 15) is 4.39 Å². The molecule has 1 aromatic rings. The number of hydrogen-bond donors (Lipinski definition) is 0. The first kappa shape index (κ1) is 17.0. The molecule has 0 amide bonds. The predicted molar refractivity (Wildman–Crippen MR) is 86.7 cm³/mol. The third kappa shape index (κ3) is 3.36. The van der Waals surface area contributed by atoms with Gasteiger partial charge in [0.2, 0.25) is 0 Å². The zero-order valence-electron chi connectivity index (χ0n) is 14.1. The van der Waals surface area contributed by atoms with E-state index in [0.717, 1.165) is 11.3 Å². The second-order valence-corrected chi connectivity index (χ2v) is 6.70. The summed E-state index contributed by atoms with van der Waals surface area (Å²) in [7, 11) is 0.682. The summed E-state index contributed by atoms with van der Waals surface area (Å²) in [5.74, 6) is 0.705. The van der Waals surface area contributed by atoms with Gasteiger partial charge in [-0.15, -0.1) is 0 Å². The van der Waals surface area contributed by atoms with Crippen LogP contribution in [0, 0.1) is 0 Å². The highest BCUT2D eigenvalue weighted by Crippen LogP contribution is 2.39. The molecule has 5 heteroatoms. The first-order valence-corrected chi connectivity index (χ1v) is 7.53. The normalized spacial score (nSPS) is 21.8. The van der Waals surface area contributed by atoms with Gasteiger partial charge in [0, 0.05) is 5.92 Å². The molecule has 0 bridgehead atoms. The molecule has 0 saturated carbocycles. The molecule has 1 fully saturated rings. The van der Waals surface area contributed by atoms with Crippen LogP contribution in [0.2, 0.25) is 0 Å². The summed E-state index contributed by atoms with van der Waals surface area (Å²) in [5, 5.41) is 0. The third-order valence-electron chi connectivity index (χ3n) is 4.53. The SMILES string of the molecule is COc1ccc(C(C)C=C(F)B2OC(C)(C)C(C)(C)O2)cc1. The van der Waals surface area contributed by atoms with Gasteiger partial charge >= 0.3 is 7.12 Å². The molecule has 1 atom stereocenters. The summed E-state index contributed by atoms with van der Waals surface area (Å²) in [6.07, 6.45) is 1.55. The molecular weight excluding hydrogens is 282 g/mol. The van der Waals surface area contributed by atoms with Crippen molar-refractivity contribution in [3.63, 3.8) is 0 Å². The molecule has 22 heavy (non-hydrogen) atoms. The zero-order valence-corrected chi connectivity index (χ0v) is 14.1. The lowest BCUT2D eigenvalue weighted by molar-refractivity contribution is 0.00578. The fourth-order valence-corrected chi connectivity index (χ4v) is 2.28. The van der Waals surface area contributed by atoms with Crippen LogP contribution in [0.3, 0.4) is 0 Å². The Bertz CT molecular complexity index is 536. The van der Waals surface area contributed by atoms with Crippen molar-refractivity contribution in [2.75, 3.05) is 7.11 Å². The van der Waals surface area contributed by atoms with Crippen LogP contribution in [0.15, 0.2) is 36.1 Å².